The molecule has 1 heterocycles. The Labute approximate surface area is 171 Å². The number of aromatic nitrogens is 2. The van der Waals surface area contributed by atoms with Gasteiger partial charge in [-0.25, -0.2) is 5.10 Å². The fraction of sp³-hybridized carbons (Fsp3) is 0.294. The maximum atomic E-state index is 11.5. The molecule has 0 bridgehead atoms. The first-order valence-electron chi connectivity index (χ1n) is 8.04. The van der Waals surface area contributed by atoms with Gasteiger partial charge in [-0.05, 0) is 50.4 Å². The molecule has 1 amide bonds. The van der Waals surface area contributed by atoms with Crippen LogP contribution in [0.1, 0.15) is 19.3 Å². The van der Waals surface area contributed by atoms with Crippen molar-refractivity contribution >= 4 is 43.7 Å². The summed E-state index contributed by atoms with van der Waals surface area (Å²) in [5.41, 5.74) is 0.999. The van der Waals surface area contributed by atoms with E-state index < -0.39 is 5.97 Å². The van der Waals surface area contributed by atoms with Gasteiger partial charge < -0.3 is 15.2 Å². The number of hydrogen-bond acceptors (Lipinski definition) is 5. The van der Waals surface area contributed by atoms with Crippen molar-refractivity contribution < 1.29 is 19.4 Å². The fourth-order valence-corrected chi connectivity index (χ4v) is 2.91. The number of carboxylic acid groups (broad SMARTS) is 1. The Kier molecular flexibility index (Phi) is 7.99. The number of amides is 1. The number of nitrogens with zero attached hydrogens (tertiary/aromatic N) is 1. The van der Waals surface area contributed by atoms with Crippen LogP contribution in [0.15, 0.2) is 38.0 Å². The van der Waals surface area contributed by atoms with Crippen LogP contribution in [-0.4, -0.2) is 40.3 Å². The monoisotopic (exact) mass is 501 g/mol. The molecule has 0 aliphatic rings. The van der Waals surface area contributed by atoms with E-state index in [9.17, 15) is 14.4 Å². The van der Waals surface area contributed by atoms with Crippen LogP contribution in [0, 0.1) is 0 Å². The third kappa shape index (κ3) is 6.47. The van der Waals surface area contributed by atoms with E-state index >= 15 is 0 Å². The molecule has 3 N–H and O–H groups in total. The van der Waals surface area contributed by atoms with Crippen molar-refractivity contribution in [2.45, 2.75) is 19.3 Å². The minimum Gasteiger partial charge on any atom is -0.494 e. The highest BCUT2D eigenvalue weighted by Gasteiger charge is 2.12. The molecule has 2 rings (SSSR count). The van der Waals surface area contributed by atoms with Crippen molar-refractivity contribution in [3.8, 4) is 17.0 Å². The predicted molar refractivity (Wildman–Crippen MR) is 106 cm³/mol. The molecule has 0 saturated carbocycles. The van der Waals surface area contributed by atoms with Crippen LogP contribution in [0.3, 0.4) is 0 Å². The van der Waals surface area contributed by atoms with E-state index in [1.54, 1.807) is 12.1 Å². The van der Waals surface area contributed by atoms with Crippen molar-refractivity contribution in [2.24, 2.45) is 0 Å². The molecule has 1 aromatic carbocycles. The van der Waals surface area contributed by atoms with Gasteiger partial charge in [-0.2, -0.15) is 5.10 Å². The highest BCUT2D eigenvalue weighted by molar-refractivity contribution is 9.13. The molecule has 0 aliphatic heterocycles. The Bertz CT molecular complexity index is 885. The molecule has 10 heteroatoms. The Morgan fingerprint density at radius 1 is 1.22 bits per heavy atom. The lowest BCUT2D eigenvalue weighted by atomic mass is 10.1. The van der Waals surface area contributed by atoms with Crippen LogP contribution in [0.25, 0.3) is 11.3 Å². The quantitative estimate of drug-likeness (QED) is 0.453. The van der Waals surface area contributed by atoms with Gasteiger partial charge in [0.05, 0.1) is 17.5 Å². The Balaban J connectivity index is 1.86. The number of halogens is 2. The van der Waals surface area contributed by atoms with E-state index in [1.165, 1.54) is 0 Å². The second-order valence-electron chi connectivity index (χ2n) is 5.50. The molecule has 8 nitrogen and oxygen atoms in total. The first kappa shape index (κ1) is 21.1. The lowest BCUT2D eigenvalue weighted by Crippen LogP contribution is -2.25. The summed E-state index contributed by atoms with van der Waals surface area (Å²) in [6, 6.07) is 7.24. The third-order valence-electron chi connectivity index (χ3n) is 3.45. The fourth-order valence-electron chi connectivity index (χ4n) is 2.13. The highest BCUT2D eigenvalue weighted by atomic mass is 79.9. The average Bonchev–Trinajstić information content (AvgIpc) is 2.64. The Hall–Kier alpha value is -2.20. The second-order valence-corrected chi connectivity index (χ2v) is 7.09. The highest BCUT2D eigenvalue weighted by Crippen LogP contribution is 2.31. The molecule has 2 aromatic rings. The summed E-state index contributed by atoms with van der Waals surface area (Å²) in [6.45, 7) is 0.782. The van der Waals surface area contributed by atoms with E-state index in [1.807, 2.05) is 12.1 Å². The van der Waals surface area contributed by atoms with Crippen molar-refractivity contribution in [2.75, 3.05) is 13.2 Å². The molecule has 0 saturated heterocycles. The molecule has 144 valence electrons. The van der Waals surface area contributed by atoms with Crippen molar-refractivity contribution in [3.05, 3.63) is 43.6 Å². The van der Waals surface area contributed by atoms with Gasteiger partial charge in [0.1, 0.15) is 15.9 Å². The lowest BCUT2D eigenvalue weighted by Gasteiger charge is -2.09. The zero-order valence-electron chi connectivity index (χ0n) is 14.1. The first-order valence-corrected chi connectivity index (χ1v) is 9.62. The normalized spacial score (nSPS) is 10.4. The number of aliphatic carboxylic acids is 1. The van der Waals surface area contributed by atoms with Gasteiger partial charge in [0.2, 0.25) is 5.91 Å². The summed E-state index contributed by atoms with van der Waals surface area (Å²) < 4.78 is 6.58. The first-order chi connectivity index (χ1) is 12.9. The van der Waals surface area contributed by atoms with Crippen LogP contribution in [0.2, 0.25) is 0 Å². The van der Waals surface area contributed by atoms with Crippen molar-refractivity contribution in [3.63, 3.8) is 0 Å². The molecule has 0 atom stereocenters. The zero-order chi connectivity index (χ0) is 19.8. The molecule has 0 unspecified atom stereocenters. The van der Waals surface area contributed by atoms with Crippen LogP contribution >= 0.6 is 31.9 Å². The standard InChI is InChI=1S/C17H17Br2N3O5/c18-14-15(19)17(26)22-21-16(14)10-3-1-4-11(9-10)27-8-2-7-20-12(23)5-6-13(24)25/h1,3-4,9H,2,5-8H2,(H,20,23)(H,22,26)(H,24,25). The van der Waals surface area contributed by atoms with Crippen molar-refractivity contribution in [1.29, 1.82) is 0 Å². The van der Waals surface area contributed by atoms with Gasteiger partial charge in [-0.1, -0.05) is 12.1 Å². The molecule has 27 heavy (non-hydrogen) atoms. The van der Waals surface area contributed by atoms with Crippen LogP contribution in [0.4, 0.5) is 0 Å². The van der Waals surface area contributed by atoms with E-state index in [0.717, 1.165) is 5.56 Å². The summed E-state index contributed by atoms with van der Waals surface area (Å²) in [6.07, 6.45) is 0.365. The minimum absolute atomic E-state index is 0.0329. The zero-order valence-corrected chi connectivity index (χ0v) is 17.3. The Morgan fingerprint density at radius 3 is 2.74 bits per heavy atom. The molecular weight excluding hydrogens is 486 g/mol. The van der Waals surface area contributed by atoms with Crippen LogP contribution in [-0.2, 0) is 9.59 Å². The number of aromatic amines is 1. The molecule has 0 aliphatic carbocycles. The minimum atomic E-state index is -0.996. The van der Waals surface area contributed by atoms with Gasteiger partial charge >= 0.3 is 5.97 Å². The number of nitrogens with one attached hydrogen (secondary N) is 2. The smallest absolute Gasteiger partial charge is 0.303 e. The SMILES string of the molecule is O=C(O)CCC(=O)NCCCOc1cccc(-c2n[nH]c(=O)c(Br)c2Br)c1. The number of carbonyl (C=O) groups excluding carboxylic acids is 1. The van der Waals surface area contributed by atoms with E-state index in [-0.39, 0.29) is 24.3 Å². The molecule has 0 spiro atoms. The number of benzene rings is 1. The van der Waals surface area contributed by atoms with E-state index in [0.29, 0.717) is 40.0 Å². The van der Waals surface area contributed by atoms with Crippen LogP contribution in [0.5, 0.6) is 5.75 Å². The summed E-state index contributed by atoms with van der Waals surface area (Å²) in [7, 11) is 0. The largest absolute Gasteiger partial charge is 0.494 e. The Morgan fingerprint density at radius 2 is 2.00 bits per heavy atom. The van der Waals surface area contributed by atoms with E-state index in [4.69, 9.17) is 9.84 Å². The topological polar surface area (TPSA) is 121 Å². The molecule has 0 fully saturated rings. The van der Waals surface area contributed by atoms with Crippen molar-refractivity contribution in [1.82, 2.24) is 15.5 Å². The van der Waals surface area contributed by atoms with Crippen LogP contribution < -0.4 is 15.6 Å². The maximum Gasteiger partial charge on any atom is 0.303 e. The second kappa shape index (κ2) is 10.2. The van der Waals surface area contributed by atoms with Gasteiger partial charge in [-0.3, -0.25) is 14.4 Å². The predicted octanol–water partition coefficient (Wildman–Crippen LogP) is 2.71. The molecule has 0 radical (unpaired) electrons. The van der Waals surface area contributed by atoms with Gasteiger partial charge in [0.15, 0.2) is 0 Å². The summed E-state index contributed by atoms with van der Waals surface area (Å²) in [5.74, 6) is -0.663. The number of ether oxygens (including phenoxy) is 1. The number of rotatable bonds is 9. The van der Waals surface area contributed by atoms with Gasteiger partial charge in [0.25, 0.3) is 5.56 Å². The third-order valence-corrected chi connectivity index (χ3v) is 5.52. The average molecular weight is 503 g/mol. The maximum absolute atomic E-state index is 11.5. The number of H-pyrrole nitrogens is 1. The van der Waals surface area contributed by atoms with Gasteiger partial charge in [-0.15, -0.1) is 0 Å². The number of carboxylic acids is 1. The molecule has 1 aromatic heterocycles. The summed E-state index contributed by atoms with van der Waals surface area (Å²) >= 11 is 6.56. The van der Waals surface area contributed by atoms with Gasteiger partial charge in [0, 0.05) is 18.5 Å². The summed E-state index contributed by atoms with van der Waals surface area (Å²) in [4.78, 5) is 33.3. The number of hydrogen-bond donors (Lipinski definition) is 3. The summed E-state index contributed by atoms with van der Waals surface area (Å²) in [5, 5.41) is 17.6. The lowest BCUT2D eigenvalue weighted by molar-refractivity contribution is -0.138. The number of carbonyl (C=O) groups is 2. The molecular formula is C17H17Br2N3O5. The van der Waals surface area contributed by atoms with E-state index in [2.05, 4.69) is 47.4 Å².